The standard InChI is InChI=1S/C13H22ClNO/c1-9(11-4-5-11)13(16)15-8-10-2-6-12(14)7-3-10/h9-12H,2-8H2,1H3,(H,15,16). The molecule has 2 fully saturated rings. The lowest BCUT2D eigenvalue weighted by Gasteiger charge is -2.25. The lowest BCUT2D eigenvalue weighted by molar-refractivity contribution is -0.125. The van der Waals surface area contributed by atoms with E-state index < -0.39 is 0 Å². The Morgan fingerprint density at radius 3 is 2.44 bits per heavy atom. The van der Waals surface area contributed by atoms with Crippen molar-refractivity contribution >= 4 is 17.5 Å². The molecule has 2 aliphatic rings. The summed E-state index contributed by atoms with van der Waals surface area (Å²) in [5.41, 5.74) is 0. The molecule has 0 aromatic carbocycles. The van der Waals surface area contributed by atoms with E-state index >= 15 is 0 Å². The first kappa shape index (κ1) is 12.2. The first-order valence-electron chi connectivity index (χ1n) is 6.58. The quantitative estimate of drug-likeness (QED) is 0.756. The third kappa shape index (κ3) is 3.38. The molecule has 3 heteroatoms. The molecule has 0 heterocycles. The van der Waals surface area contributed by atoms with Crippen LogP contribution in [0.5, 0.6) is 0 Å². The lowest BCUT2D eigenvalue weighted by Crippen LogP contribution is -2.35. The molecule has 0 aliphatic heterocycles. The molecule has 0 saturated heterocycles. The first-order valence-corrected chi connectivity index (χ1v) is 7.02. The topological polar surface area (TPSA) is 29.1 Å². The van der Waals surface area contributed by atoms with Crippen LogP contribution in [-0.2, 0) is 4.79 Å². The average Bonchev–Trinajstić information content (AvgIpc) is 3.11. The molecule has 2 saturated carbocycles. The van der Waals surface area contributed by atoms with Gasteiger partial charge in [-0.3, -0.25) is 4.79 Å². The second kappa shape index (κ2) is 5.39. The number of halogens is 1. The third-order valence-electron chi connectivity index (χ3n) is 4.08. The van der Waals surface area contributed by atoms with Crippen LogP contribution in [0.4, 0.5) is 0 Å². The Morgan fingerprint density at radius 2 is 1.88 bits per heavy atom. The molecule has 1 amide bonds. The van der Waals surface area contributed by atoms with E-state index in [9.17, 15) is 4.79 Å². The zero-order valence-corrected chi connectivity index (χ0v) is 10.8. The van der Waals surface area contributed by atoms with Crippen LogP contribution in [0.2, 0.25) is 0 Å². The molecule has 16 heavy (non-hydrogen) atoms. The number of amides is 1. The van der Waals surface area contributed by atoms with Crippen molar-refractivity contribution in [2.45, 2.75) is 50.8 Å². The molecule has 1 atom stereocenters. The van der Waals surface area contributed by atoms with Gasteiger partial charge in [0, 0.05) is 17.8 Å². The van der Waals surface area contributed by atoms with Crippen LogP contribution in [0.25, 0.3) is 0 Å². The van der Waals surface area contributed by atoms with Crippen molar-refractivity contribution in [1.29, 1.82) is 0 Å². The van der Waals surface area contributed by atoms with E-state index in [2.05, 4.69) is 12.2 Å². The zero-order valence-electron chi connectivity index (χ0n) is 10.0. The van der Waals surface area contributed by atoms with Crippen LogP contribution in [0.15, 0.2) is 0 Å². The van der Waals surface area contributed by atoms with Gasteiger partial charge in [-0.1, -0.05) is 6.92 Å². The molecule has 1 N–H and O–H groups in total. The molecule has 2 nitrogen and oxygen atoms in total. The molecule has 0 spiro atoms. The summed E-state index contributed by atoms with van der Waals surface area (Å²) in [6.45, 7) is 2.92. The van der Waals surface area contributed by atoms with Gasteiger partial charge < -0.3 is 5.32 Å². The fourth-order valence-corrected chi connectivity index (χ4v) is 2.79. The highest BCUT2D eigenvalue weighted by atomic mass is 35.5. The van der Waals surface area contributed by atoms with Crippen LogP contribution < -0.4 is 5.32 Å². The molecule has 2 aliphatic carbocycles. The molecule has 0 radical (unpaired) electrons. The highest BCUT2D eigenvalue weighted by Crippen LogP contribution is 2.36. The Bertz CT molecular complexity index is 244. The number of hydrogen-bond acceptors (Lipinski definition) is 1. The molecule has 0 bridgehead atoms. The Labute approximate surface area is 103 Å². The van der Waals surface area contributed by atoms with Gasteiger partial charge >= 0.3 is 0 Å². The summed E-state index contributed by atoms with van der Waals surface area (Å²) in [6, 6.07) is 0. The van der Waals surface area contributed by atoms with E-state index in [1.54, 1.807) is 0 Å². The Morgan fingerprint density at radius 1 is 1.25 bits per heavy atom. The summed E-state index contributed by atoms with van der Waals surface area (Å²) < 4.78 is 0. The van der Waals surface area contributed by atoms with E-state index in [0.29, 0.717) is 17.2 Å². The minimum absolute atomic E-state index is 0.226. The third-order valence-corrected chi connectivity index (χ3v) is 4.52. The molecule has 0 aromatic heterocycles. The molecular weight excluding hydrogens is 222 g/mol. The maximum Gasteiger partial charge on any atom is 0.223 e. The SMILES string of the molecule is CC(C(=O)NCC1CCC(Cl)CC1)C1CC1. The fraction of sp³-hybridized carbons (Fsp3) is 0.923. The zero-order chi connectivity index (χ0) is 11.5. The maximum atomic E-state index is 11.8. The number of carbonyl (C=O) groups excluding carboxylic acids is 1. The van der Waals surface area contributed by atoms with Crippen LogP contribution in [-0.4, -0.2) is 17.8 Å². The smallest absolute Gasteiger partial charge is 0.223 e. The fourth-order valence-electron chi connectivity index (χ4n) is 2.54. The summed E-state index contributed by atoms with van der Waals surface area (Å²) in [7, 11) is 0. The lowest BCUT2D eigenvalue weighted by atomic mass is 9.89. The van der Waals surface area contributed by atoms with Gasteiger partial charge in [0.25, 0.3) is 0 Å². The highest BCUT2D eigenvalue weighted by molar-refractivity contribution is 6.20. The van der Waals surface area contributed by atoms with Crippen LogP contribution in [0.3, 0.4) is 0 Å². The predicted molar refractivity (Wildman–Crippen MR) is 66.5 cm³/mol. The summed E-state index contributed by atoms with van der Waals surface area (Å²) in [5.74, 6) is 1.81. The largest absolute Gasteiger partial charge is 0.356 e. The van der Waals surface area contributed by atoms with Gasteiger partial charge in [-0.15, -0.1) is 11.6 Å². The molecule has 0 aromatic rings. The second-order valence-corrected chi connectivity index (χ2v) is 6.11. The molecule has 2 rings (SSSR count). The summed E-state index contributed by atoms with van der Waals surface area (Å²) in [4.78, 5) is 11.8. The van der Waals surface area contributed by atoms with Crippen molar-refractivity contribution in [3.63, 3.8) is 0 Å². The Kier molecular flexibility index (Phi) is 4.12. The number of alkyl halides is 1. The van der Waals surface area contributed by atoms with Gasteiger partial charge in [0.2, 0.25) is 5.91 Å². The molecular formula is C13H22ClNO. The van der Waals surface area contributed by atoms with Crippen molar-refractivity contribution in [3.8, 4) is 0 Å². The van der Waals surface area contributed by atoms with Crippen LogP contribution in [0, 0.1) is 17.8 Å². The van der Waals surface area contributed by atoms with Gasteiger partial charge in [0.15, 0.2) is 0 Å². The van der Waals surface area contributed by atoms with E-state index in [1.165, 1.54) is 25.7 Å². The Balaban J connectivity index is 1.64. The number of rotatable bonds is 4. The van der Waals surface area contributed by atoms with Gasteiger partial charge in [-0.05, 0) is 50.4 Å². The van der Waals surface area contributed by atoms with Crippen molar-refractivity contribution in [3.05, 3.63) is 0 Å². The summed E-state index contributed by atoms with van der Waals surface area (Å²) in [6.07, 6.45) is 7.05. The number of nitrogens with one attached hydrogen (secondary N) is 1. The van der Waals surface area contributed by atoms with Crippen molar-refractivity contribution in [2.24, 2.45) is 17.8 Å². The van der Waals surface area contributed by atoms with E-state index in [-0.39, 0.29) is 11.8 Å². The normalized spacial score (nSPS) is 32.1. The monoisotopic (exact) mass is 243 g/mol. The van der Waals surface area contributed by atoms with Gasteiger partial charge in [-0.2, -0.15) is 0 Å². The molecule has 1 unspecified atom stereocenters. The summed E-state index contributed by atoms with van der Waals surface area (Å²) >= 11 is 6.06. The van der Waals surface area contributed by atoms with Gasteiger partial charge in [0.05, 0.1) is 0 Å². The predicted octanol–water partition coefficient (Wildman–Crippen LogP) is 2.95. The van der Waals surface area contributed by atoms with Crippen molar-refractivity contribution < 1.29 is 4.79 Å². The van der Waals surface area contributed by atoms with Gasteiger partial charge in [0.1, 0.15) is 0 Å². The van der Waals surface area contributed by atoms with E-state index in [0.717, 1.165) is 19.4 Å². The minimum Gasteiger partial charge on any atom is -0.356 e. The molecule has 92 valence electrons. The van der Waals surface area contributed by atoms with Crippen molar-refractivity contribution in [2.75, 3.05) is 6.54 Å². The number of hydrogen-bond donors (Lipinski definition) is 1. The highest BCUT2D eigenvalue weighted by Gasteiger charge is 2.32. The maximum absolute atomic E-state index is 11.8. The second-order valence-electron chi connectivity index (χ2n) is 5.49. The number of carbonyl (C=O) groups is 1. The first-order chi connectivity index (χ1) is 7.66. The Hall–Kier alpha value is -0.240. The van der Waals surface area contributed by atoms with Gasteiger partial charge in [-0.25, -0.2) is 0 Å². The van der Waals surface area contributed by atoms with E-state index in [4.69, 9.17) is 11.6 Å². The van der Waals surface area contributed by atoms with E-state index in [1.807, 2.05) is 0 Å². The van der Waals surface area contributed by atoms with Crippen LogP contribution in [0.1, 0.15) is 45.4 Å². The average molecular weight is 244 g/mol. The van der Waals surface area contributed by atoms with Crippen molar-refractivity contribution in [1.82, 2.24) is 5.32 Å². The van der Waals surface area contributed by atoms with Crippen LogP contribution >= 0.6 is 11.6 Å². The minimum atomic E-state index is 0.226. The summed E-state index contributed by atoms with van der Waals surface area (Å²) in [5, 5.41) is 3.48.